The molecule has 4 heterocycles. The number of anilines is 2. The maximum absolute atomic E-state index is 13.0. The SMILES string of the molecule is COCC(C)(C)C(=O)N1CCC(c2ccc(Nc3nc(-c4cncc(C)n4)cc4cc[nH]c(=O)c34)cc2C)CC1. The molecule has 208 valence electrons. The zero-order valence-electron chi connectivity index (χ0n) is 23.7. The second-order valence-corrected chi connectivity index (χ2v) is 11.3. The lowest BCUT2D eigenvalue weighted by atomic mass is 9.85. The van der Waals surface area contributed by atoms with E-state index in [4.69, 9.17) is 9.72 Å². The molecule has 0 saturated carbocycles. The first-order chi connectivity index (χ1) is 19.2. The first kappa shape index (κ1) is 27.5. The average molecular weight is 541 g/mol. The molecule has 1 amide bonds. The number of amides is 1. The van der Waals surface area contributed by atoms with E-state index < -0.39 is 5.41 Å². The fourth-order valence-corrected chi connectivity index (χ4v) is 5.62. The van der Waals surface area contributed by atoms with Crippen molar-refractivity contribution in [2.75, 3.05) is 32.1 Å². The number of carbonyl (C=O) groups excluding carboxylic acids is 1. The lowest BCUT2D eigenvalue weighted by Gasteiger charge is -2.37. The number of aromatic amines is 1. The van der Waals surface area contributed by atoms with Crippen molar-refractivity contribution in [2.24, 2.45) is 5.41 Å². The van der Waals surface area contributed by atoms with Gasteiger partial charge in [-0.2, -0.15) is 0 Å². The Bertz CT molecular complexity index is 1600. The standard InChI is InChI=1S/C31H36N6O3/c1-19-14-23(6-7-24(19)21-9-12-37(13-10-21)30(39)31(3,4)18-40-5)35-28-27-22(8-11-33-29(27)38)15-25(36-28)26-17-32-16-20(2)34-26/h6-8,11,14-17,21H,9-10,12-13,18H2,1-5H3,(H,33,38)(H,35,36). The molecule has 0 atom stereocenters. The van der Waals surface area contributed by atoms with Gasteiger partial charge in [0.1, 0.15) is 11.5 Å². The molecule has 1 fully saturated rings. The number of piperidine rings is 1. The summed E-state index contributed by atoms with van der Waals surface area (Å²) >= 11 is 0. The number of likely N-dealkylation sites (tertiary alicyclic amines) is 1. The number of benzene rings is 1. The van der Waals surface area contributed by atoms with E-state index in [9.17, 15) is 9.59 Å². The van der Waals surface area contributed by atoms with Gasteiger partial charge in [-0.3, -0.25) is 14.6 Å². The highest BCUT2D eigenvalue weighted by Crippen LogP contribution is 2.34. The fourth-order valence-electron chi connectivity index (χ4n) is 5.62. The van der Waals surface area contributed by atoms with Crippen molar-refractivity contribution in [2.45, 2.75) is 46.5 Å². The number of aryl methyl sites for hydroxylation is 2. The number of ether oxygens (including phenoxy) is 1. The highest BCUT2D eigenvalue weighted by molar-refractivity contribution is 5.95. The van der Waals surface area contributed by atoms with Gasteiger partial charge in [-0.05, 0) is 87.2 Å². The first-order valence-corrected chi connectivity index (χ1v) is 13.6. The number of nitrogens with zero attached hydrogens (tertiary/aromatic N) is 4. The van der Waals surface area contributed by atoms with Gasteiger partial charge in [0.05, 0.1) is 35.0 Å². The van der Waals surface area contributed by atoms with Crippen molar-refractivity contribution < 1.29 is 9.53 Å². The fraction of sp³-hybridized carbons (Fsp3) is 0.387. The molecular weight excluding hydrogens is 504 g/mol. The number of hydrogen-bond donors (Lipinski definition) is 2. The van der Waals surface area contributed by atoms with Crippen molar-refractivity contribution in [3.05, 3.63) is 76.1 Å². The topological polar surface area (TPSA) is 113 Å². The van der Waals surface area contributed by atoms with Gasteiger partial charge in [0.25, 0.3) is 5.56 Å². The Kier molecular flexibility index (Phi) is 7.67. The highest BCUT2D eigenvalue weighted by atomic mass is 16.5. The van der Waals surface area contributed by atoms with Crippen LogP contribution in [0.2, 0.25) is 0 Å². The van der Waals surface area contributed by atoms with E-state index in [1.54, 1.807) is 25.7 Å². The van der Waals surface area contributed by atoms with Crippen LogP contribution in [0.1, 0.15) is 49.4 Å². The molecule has 1 aromatic carbocycles. The summed E-state index contributed by atoms with van der Waals surface area (Å²) < 4.78 is 5.26. The van der Waals surface area contributed by atoms with Crippen molar-refractivity contribution in [3.8, 4) is 11.4 Å². The lowest BCUT2D eigenvalue weighted by molar-refractivity contribution is -0.144. The largest absolute Gasteiger partial charge is 0.384 e. The summed E-state index contributed by atoms with van der Waals surface area (Å²) in [5, 5.41) is 4.64. The molecule has 4 aromatic rings. The second-order valence-electron chi connectivity index (χ2n) is 11.3. The van der Waals surface area contributed by atoms with Crippen molar-refractivity contribution in [1.82, 2.24) is 24.8 Å². The molecule has 0 unspecified atom stereocenters. The molecule has 1 aliphatic rings. The van der Waals surface area contributed by atoms with E-state index in [0.717, 1.165) is 48.3 Å². The Balaban J connectivity index is 1.38. The lowest BCUT2D eigenvalue weighted by Crippen LogP contribution is -2.46. The smallest absolute Gasteiger partial charge is 0.259 e. The Morgan fingerprint density at radius 1 is 1.10 bits per heavy atom. The van der Waals surface area contributed by atoms with Gasteiger partial charge in [-0.1, -0.05) is 6.07 Å². The van der Waals surface area contributed by atoms with Gasteiger partial charge in [-0.25, -0.2) is 9.97 Å². The van der Waals surface area contributed by atoms with Crippen LogP contribution >= 0.6 is 0 Å². The summed E-state index contributed by atoms with van der Waals surface area (Å²) in [6, 6.07) is 10.00. The number of aromatic nitrogens is 4. The Hall–Kier alpha value is -4.11. The van der Waals surface area contributed by atoms with Crippen molar-refractivity contribution >= 4 is 28.2 Å². The zero-order valence-corrected chi connectivity index (χ0v) is 23.7. The van der Waals surface area contributed by atoms with Crippen LogP contribution in [0.15, 0.2) is 53.7 Å². The number of pyridine rings is 2. The summed E-state index contributed by atoms with van der Waals surface area (Å²) in [6.07, 6.45) is 6.85. The number of H-pyrrole nitrogens is 1. The van der Waals surface area contributed by atoms with Gasteiger partial charge in [0.2, 0.25) is 5.91 Å². The third kappa shape index (κ3) is 5.60. The van der Waals surface area contributed by atoms with Crippen LogP contribution in [0.5, 0.6) is 0 Å². The van der Waals surface area contributed by atoms with Gasteiger partial charge in [-0.15, -0.1) is 0 Å². The van der Waals surface area contributed by atoms with E-state index >= 15 is 0 Å². The third-order valence-corrected chi connectivity index (χ3v) is 7.61. The predicted octanol–water partition coefficient (Wildman–Crippen LogP) is 5.12. The van der Waals surface area contributed by atoms with E-state index in [-0.39, 0.29) is 11.5 Å². The number of carbonyl (C=O) groups is 1. The monoisotopic (exact) mass is 540 g/mol. The van der Waals surface area contributed by atoms with Crippen LogP contribution in [-0.2, 0) is 9.53 Å². The predicted molar refractivity (Wildman–Crippen MR) is 157 cm³/mol. The minimum absolute atomic E-state index is 0.151. The van der Waals surface area contributed by atoms with Gasteiger partial charge in [0.15, 0.2) is 0 Å². The molecule has 5 rings (SSSR count). The minimum Gasteiger partial charge on any atom is -0.384 e. The van der Waals surface area contributed by atoms with Crippen LogP contribution in [0.25, 0.3) is 22.2 Å². The van der Waals surface area contributed by atoms with E-state index in [1.807, 2.05) is 43.9 Å². The molecule has 9 heteroatoms. The van der Waals surface area contributed by atoms with Crippen LogP contribution in [-0.4, -0.2) is 57.5 Å². The molecule has 1 aliphatic heterocycles. The number of fused-ring (bicyclic) bond motifs is 1. The molecule has 1 saturated heterocycles. The molecule has 0 aliphatic carbocycles. The molecule has 3 aromatic heterocycles. The van der Waals surface area contributed by atoms with Gasteiger partial charge in [0, 0.05) is 38.3 Å². The zero-order chi connectivity index (χ0) is 28.4. The molecule has 0 radical (unpaired) electrons. The summed E-state index contributed by atoms with van der Waals surface area (Å²) in [5.74, 6) is 1.00. The summed E-state index contributed by atoms with van der Waals surface area (Å²) in [7, 11) is 1.63. The molecule has 0 spiro atoms. The van der Waals surface area contributed by atoms with Crippen molar-refractivity contribution in [1.29, 1.82) is 0 Å². The maximum atomic E-state index is 13.0. The highest BCUT2D eigenvalue weighted by Gasteiger charge is 2.34. The number of nitrogens with one attached hydrogen (secondary N) is 2. The molecule has 0 bridgehead atoms. The third-order valence-electron chi connectivity index (χ3n) is 7.61. The maximum Gasteiger partial charge on any atom is 0.259 e. The number of rotatable bonds is 7. The molecular formula is C31H36N6O3. The number of methoxy groups -OCH3 is 1. The Labute approximate surface area is 234 Å². The quantitative estimate of drug-likeness (QED) is 0.335. The normalized spacial score (nSPS) is 14.5. The molecule has 40 heavy (non-hydrogen) atoms. The van der Waals surface area contributed by atoms with Crippen LogP contribution in [0.3, 0.4) is 0 Å². The van der Waals surface area contributed by atoms with Gasteiger partial charge < -0.3 is 19.9 Å². The van der Waals surface area contributed by atoms with Gasteiger partial charge >= 0.3 is 0 Å². The summed E-state index contributed by atoms with van der Waals surface area (Å²) in [6.45, 7) is 9.77. The average Bonchev–Trinajstić information content (AvgIpc) is 2.93. The van der Waals surface area contributed by atoms with Crippen LogP contribution < -0.4 is 10.9 Å². The molecule has 2 N–H and O–H groups in total. The second kappa shape index (κ2) is 11.2. The van der Waals surface area contributed by atoms with Crippen LogP contribution in [0, 0.1) is 19.3 Å². The van der Waals surface area contributed by atoms with E-state index in [0.29, 0.717) is 35.1 Å². The van der Waals surface area contributed by atoms with Crippen molar-refractivity contribution in [3.63, 3.8) is 0 Å². The first-order valence-electron chi connectivity index (χ1n) is 13.6. The Morgan fingerprint density at radius 3 is 2.58 bits per heavy atom. The van der Waals surface area contributed by atoms with E-state index in [1.165, 1.54) is 5.56 Å². The minimum atomic E-state index is -0.520. The van der Waals surface area contributed by atoms with E-state index in [2.05, 4.69) is 39.3 Å². The summed E-state index contributed by atoms with van der Waals surface area (Å²) in [4.78, 5) is 44.1. The number of hydrogen-bond acceptors (Lipinski definition) is 7. The Morgan fingerprint density at radius 2 is 1.88 bits per heavy atom. The van der Waals surface area contributed by atoms with Crippen LogP contribution in [0.4, 0.5) is 11.5 Å². The molecule has 9 nitrogen and oxygen atoms in total. The summed E-state index contributed by atoms with van der Waals surface area (Å²) in [5.41, 5.74) is 4.64.